The number of nitrogens with zero attached hydrogens (tertiary/aromatic N) is 1. The van der Waals surface area contributed by atoms with Gasteiger partial charge in [0.2, 0.25) is 0 Å². The summed E-state index contributed by atoms with van der Waals surface area (Å²) < 4.78 is 0. The van der Waals surface area contributed by atoms with E-state index in [9.17, 15) is 4.79 Å². The molecule has 72 valence electrons. The third kappa shape index (κ3) is 1.51. The van der Waals surface area contributed by atoms with Gasteiger partial charge in [-0.25, -0.2) is 0 Å². The number of halogens is 1. The number of hydrogen-bond acceptors (Lipinski definition) is 4. The minimum atomic E-state index is -0.800. The molecule has 2 heterocycles. The van der Waals surface area contributed by atoms with E-state index in [0.717, 1.165) is 11.8 Å². The Labute approximate surface area is 90.6 Å². The molecule has 1 N–H and O–H groups in total. The zero-order chi connectivity index (χ0) is 10.0. The summed E-state index contributed by atoms with van der Waals surface area (Å²) in [4.78, 5) is 14.2. The molecule has 0 fully saturated rings. The van der Waals surface area contributed by atoms with E-state index in [1.807, 2.05) is 6.07 Å². The fourth-order valence-corrected chi connectivity index (χ4v) is 2.40. The van der Waals surface area contributed by atoms with Gasteiger partial charge < -0.3 is 5.32 Å². The predicted octanol–water partition coefficient (Wildman–Crippen LogP) is 1.81. The maximum Gasteiger partial charge on any atom is 0.172 e. The van der Waals surface area contributed by atoms with E-state index in [-0.39, 0.29) is 0 Å². The highest BCUT2D eigenvalue weighted by atomic mass is 35.5. The predicted molar refractivity (Wildman–Crippen MR) is 56.6 cm³/mol. The van der Waals surface area contributed by atoms with Gasteiger partial charge in [0.1, 0.15) is 5.16 Å². The van der Waals surface area contributed by atoms with E-state index < -0.39 is 4.87 Å². The lowest BCUT2D eigenvalue weighted by molar-refractivity contribution is -0.110. The average Bonchev–Trinajstić information content (AvgIpc) is 2.63. The monoisotopic (exact) mass is 226 g/mol. The lowest BCUT2D eigenvalue weighted by atomic mass is 10.1. The van der Waals surface area contributed by atoms with Crippen molar-refractivity contribution in [1.29, 1.82) is 0 Å². The number of carbonyl (C=O) groups excluding carboxylic acids is 1. The van der Waals surface area contributed by atoms with Gasteiger partial charge in [-0.2, -0.15) is 0 Å². The Balaban J connectivity index is 2.36. The van der Waals surface area contributed by atoms with Crippen LogP contribution >= 0.6 is 23.4 Å². The van der Waals surface area contributed by atoms with Crippen LogP contribution in [-0.2, 0) is 9.67 Å². The van der Waals surface area contributed by atoms with E-state index in [1.54, 1.807) is 23.9 Å². The van der Waals surface area contributed by atoms with Crippen LogP contribution in [0.2, 0.25) is 0 Å². The Kier molecular flexibility index (Phi) is 2.48. The van der Waals surface area contributed by atoms with Crippen LogP contribution in [-0.4, -0.2) is 11.3 Å². The van der Waals surface area contributed by atoms with Crippen molar-refractivity contribution in [2.24, 2.45) is 0 Å². The summed E-state index contributed by atoms with van der Waals surface area (Å²) in [5.41, 5.74) is 0.798. The number of pyridine rings is 1. The standard InChI is InChI=1S/C9H7ClN2OS/c10-8-5-14-9(6-13,12-8)7-2-1-3-11-4-7/h1-6,12H. The maximum atomic E-state index is 11.1. The first-order valence-electron chi connectivity index (χ1n) is 3.95. The molecule has 0 saturated heterocycles. The molecule has 0 aliphatic carbocycles. The molecule has 1 aliphatic rings. The third-order valence-electron chi connectivity index (χ3n) is 1.91. The molecular formula is C9H7ClN2OS. The molecule has 3 nitrogen and oxygen atoms in total. The summed E-state index contributed by atoms with van der Waals surface area (Å²) >= 11 is 7.11. The molecule has 1 aliphatic heterocycles. The molecule has 1 aromatic rings. The molecule has 0 saturated carbocycles. The number of thioether (sulfide) groups is 1. The van der Waals surface area contributed by atoms with Gasteiger partial charge in [-0.15, -0.1) is 0 Å². The highest BCUT2D eigenvalue weighted by Crippen LogP contribution is 2.39. The van der Waals surface area contributed by atoms with Crippen molar-refractivity contribution < 1.29 is 4.79 Å². The average molecular weight is 227 g/mol. The van der Waals surface area contributed by atoms with Gasteiger partial charge in [0.05, 0.1) is 0 Å². The smallest absolute Gasteiger partial charge is 0.172 e. The molecule has 14 heavy (non-hydrogen) atoms. The Bertz CT molecular complexity index is 382. The quantitative estimate of drug-likeness (QED) is 0.617. The largest absolute Gasteiger partial charge is 0.351 e. The number of aldehydes is 1. The molecule has 0 amide bonds. The minimum absolute atomic E-state index is 0.478. The van der Waals surface area contributed by atoms with Crippen molar-refractivity contribution in [3.63, 3.8) is 0 Å². The van der Waals surface area contributed by atoms with Crippen molar-refractivity contribution in [2.45, 2.75) is 4.87 Å². The minimum Gasteiger partial charge on any atom is -0.351 e. The molecule has 5 heteroatoms. The molecule has 0 bridgehead atoms. The summed E-state index contributed by atoms with van der Waals surface area (Å²) in [6.45, 7) is 0. The van der Waals surface area contributed by atoms with E-state index in [2.05, 4.69) is 10.3 Å². The first-order valence-corrected chi connectivity index (χ1v) is 5.21. The Hall–Kier alpha value is -1.00. The van der Waals surface area contributed by atoms with Gasteiger partial charge >= 0.3 is 0 Å². The number of rotatable bonds is 2. The molecule has 1 aromatic heterocycles. The zero-order valence-corrected chi connectivity index (χ0v) is 8.68. The Morgan fingerprint density at radius 2 is 2.50 bits per heavy atom. The van der Waals surface area contributed by atoms with Crippen LogP contribution in [0.3, 0.4) is 0 Å². The fourth-order valence-electron chi connectivity index (χ4n) is 1.23. The molecule has 0 spiro atoms. The summed E-state index contributed by atoms with van der Waals surface area (Å²) in [6, 6.07) is 3.62. The number of aromatic nitrogens is 1. The van der Waals surface area contributed by atoms with Crippen LogP contribution in [0, 0.1) is 0 Å². The van der Waals surface area contributed by atoms with E-state index in [1.165, 1.54) is 11.8 Å². The molecule has 2 rings (SSSR count). The van der Waals surface area contributed by atoms with Crippen LogP contribution < -0.4 is 5.32 Å². The number of hydrogen-bond donors (Lipinski definition) is 1. The van der Waals surface area contributed by atoms with Crippen LogP contribution in [0.15, 0.2) is 35.1 Å². The SMILES string of the molecule is O=CC1(c2cccnc2)NC(Cl)=CS1. The van der Waals surface area contributed by atoms with Gasteiger partial charge in [0.25, 0.3) is 0 Å². The summed E-state index contributed by atoms with van der Waals surface area (Å²) in [6.07, 6.45) is 4.15. The topological polar surface area (TPSA) is 42.0 Å². The second-order valence-corrected chi connectivity index (χ2v) is 4.33. The van der Waals surface area contributed by atoms with Crippen LogP contribution in [0.25, 0.3) is 0 Å². The van der Waals surface area contributed by atoms with Crippen molar-refractivity contribution in [3.8, 4) is 0 Å². The first-order chi connectivity index (χ1) is 6.77. The molecular weight excluding hydrogens is 220 g/mol. The van der Waals surface area contributed by atoms with Gasteiger partial charge in [0.15, 0.2) is 11.2 Å². The van der Waals surface area contributed by atoms with Crippen molar-refractivity contribution in [1.82, 2.24) is 10.3 Å². The van der Waals surface area contributed by atoms with Gasteiger partial charge in [0, 0.05) is 23.4 Å². The van der Waals surface area contributed by atoms with Gasteiger partial charge in [-0.05, 0) is 6.07 Å². The second-order valence-electron chi connectivity index (χ2n) is 2.80. The summed E-state index contributed by atoms with van der Waals surface area (Å²) in [5.74, 6) is 0. The number of carbonyl (C=O) groups is 1. The van der Waals surface area contributed by atoms with E-state index in [4.69, 9.17) is 11.6 Å². The Morgan fingerprint density at radius 3 is 3.00 bits per heavy atom. The van der Waals surface area contributed by atoms with Crippen LogP contribution in [0.5, 0.6) is 0 Å². The fraction of sp³-hybridized carbons (Fsp3) is 0.111. The van der Waals surface area contributed by atoms with E-state index in [0.29, 0.717) is 5.16 Å². The summed E-state index contributed by atoms with van der Waals surface area (Å²) in [7, 11) is 0. The lowest BCUT2D eigenvalue weighted by Gasteiger charge is -2.22. The lowest BCUT2D eigenvalue weighted by Crippen LogP contribution is -2.35. The first kappa shape index (κ1) is 9.55. The second kappa shape index (κ2) is 3.63. The molecule has 1 unspecified atom stereocenters. The maximum absolute atomic E-state index is 11.1. The van der Waals surface area contributed by atoms with Crippen molar-refractivity contribution >= 4 is 29.6 Å². The normalized spacial score (nSPS) is 25.4. The zero-order valence-electron chi connectivity index (χ0n) is 7.11. The molecule has 0 aromatic carbocycles. The Morgan fingerprint density at radius 1 is 1.64 bits per heavy atom. The van der Waals surface area contributed by atoms with Crippen molar-refractivity contribution in [3.05, 3.63) is 40.7 Å². The highest BCUT2D eigenvalue weighted by Gasteiger charge is 2.36. The van der Waals surface area contributed by atoms with Crippen molar-refractivity contribution in [2.75, 3.05) is 0 Å². The molecule has 1 atom stereocenters. The molecule has 0 radical (unpaired) electrons. The van der Waals surface area contributed by atoms with Crippen LogP contribution in [0.4, 0.5) is 0 Å². The van der Waals surface area contributed by atoms with E-state index >= 15 is 0 Å². The number of nitrogens with one attached hydrogen (secondary N) is 1. The van der Waals surface area contributed by atoms with Gasteiger partial charge in [-0.3, -0.25) is 9.78 Å². The summed E-state index contributed by atoms with van der Waals surface area (Å²) in [5, 5.41) is 5.10. The highest BCUT2D eigenvalue weighted by molar-refractivity contribution is 8.03. The third-order valence-corrected chi connectivity index (χ3v) is 3.40. The van der Waals surface area contributed by atoms with Gasteiger partial charge in [-0.1, -0.05) is 29.4 Å². The van der Waals surface area contributed by atoms with Crippen LogP contribution in [0.1, 0.15) is 5.56 Å².